The summed E-state index contributed by atoms with van der Waals surface area (Å²) in [6, 6.07) is 5.80. The minimum atomic E-state index is -0.717. The van der Waals surface area contributed by atoms with E-state index in [-0.39, 0.29) is 11.1 Å². The molecule has 2 heterocycles. The summed E-state index contributed by atoms with van der Waals surface area (Å²) in [6.45, 7) is 0. The van der Waals surface area contributed by atoms with E-state index < -0.39 is 30.1 Å². The van der Waals surface area contributed by atoms with Crippen LogP contribution in [0.3, 0.4) is 0 Å². The number of hydrogen-bond acceptors (Lipinski definition) is 6. The lowest BCUT2D eigenvalue weighted by molar-refractivity contribution is -0.139. The Bertz CT molecular complexity index is 685. The van der Waals surface area contributed by atoms with E-state index in [2.05, 4.69) is 0 Å². The molecule has 1 aromatic carbocycles. The Morgan fingerprint density at radius 2 is 1.26 bits per heavy atom. The predicted molar refractivity (Wildman–Crippen MR) is 77.2 cm³/mol. The summed E-state index contributed by atoms with van der Waals surface area (Å²) in [5, 5.41) is 0. The van der Waals surface area contributed by atoms with Crippen LogP contribution in [0, 0.1) is 0 Å². The predicted octanol–water partition coefficient (Wildman–Crippen LogP) is 1.51. The second kappa shape index (κ2) is 5.42. The maximum atomic E-state index is 12.2. The molecule has 23 heavy (non-hydrogen) atoms. The molecule has 0 aromatic heterocycles. The van der Waals surface area contributed by atoms with Crippen molar-refractivity contribution in [1.29, 1.82) is 0 Å². The van der Waals surface area contributed by atoms with Crippen LogP contribution in [0.25, 0.3) is 0 Å². The molecule has 1 aromatic rings. The molecule has 3 rings (SSSR count). The molecule has 2 aliphatic heterocycles. The summed E-state index contributed by atoms with van der Waals surface area (Å²) in [5.74, 6) is -1.33. The number of ether oxygens (including phenoxy) is 3. The SMILES string of the molecule is COC(=O)C1=C(C(=O)OC)C2c3ccccc3C1N2C(=O)OC. The molecular formula is C16H15NO6. The zero-order valence-electron chi connectivity index (χ0n) is 12.9. The van der Waals surface area contributed by atoms with Gasteiger partial charge in [0.1, 0.15) is 0 Å². The van der Waals surface area contributed by atoms with E-state index in [1.807, 2.05) is 24.3 Å². The van der Waals surface area contributed by atoms with Gasteiger partial charge in [-0.1, -0.05) is 24.3 Å². The van der Waals surface area contributed by atoms with E-state index in [1.165, 1.54) is 26.2 Å². The number of carbonyl (C=O) groups is 3. The van der Waals surface area contributed by atoms with Crippen molar-refractivity contribution in [1.82, 2.24) is 4.90 Å². The Labute approximate surface area is 132 Å². The van der Waals surface area contributed by atoms with E-state index in [9.17, 15) is 14.4 Å². The van der Waals surface area contributed by atoms with Crippen LogP contribution in [-0.2, 0) is 23.8 Å². The number of carbonyl (C=O) groups excluding carboxylic acids is 3. The van der Waals surface area contributed by atoms with E-state index >= 15 is 0 Å². The monoisotopic (exact) mass is 317 g/mol. The molecule has 0 radical (unpaired) electrons. The van der Waals surface area contributed by atoms with E-state index in [0.29, 0.717) is 0 Å². The van der Waals surface area contributed by atoms with Crippen molar-refractivity contribution < 1.29 is 28.6 Å². The highest BCUT2D eigenvalue weighted by molar-refractivity contribution is 6.06. The van der Waals surface area contributed by atoms with Gasteiger partial charge in [0.05, 0.1) is 44.6 Å². The average Bonchev–Trinajstić information content (AvgIpc) is 3.11. The first-order valence-electron chi connectivity index (χ1n) is 6.92. The van der Waals surface area contributed by atoms with Gasteiger partial charge in [0.25, 0.3) is 0 Å². The highest BCUT2D eigenvalue weighted by atomic mass is 16.5. The Kier molecular flexibility index (Phi) is 3.55. The summed E-state index contributed by atoms with van der Waals surface area (Å²) in [4.78, 5) is 38.1. The minimum absolute atomic E-state index is 0.119. The topological polar surface area (TPSA) is 82.1 Å². The molecule has 2 aliphatic rings. The van der Waals surface area contributed by atoms with Gasteiger partial charge in [-0.3, -0.25) is 4.90 Å². The van der Waals surface area contributed by atoms with Crippen molar-refractivity contribution in [2.45, 2.75) is 12.1 Å². The third-order valence-electron chi connectivity index (χ3n) is 4.17. The number of fused-ring (bicyclic) bond motifs is 5. The third kappa shape index (κ3) is 1.93. The number of esters is 2. The third-order valence-corrected chi connectivity index (χ3v) is 4.17. The van der Waals surface area contributed by atoms with Gasteiger partial charge in [0.2, 0.25) is 0 Å². The van der Waals surface area contributed by atoms with Crippen molar-refractivity contribution in [3.8, 4) is 0 Å². The van der Waals surface area contributed by atoms with Gasteiger partial charge >= 0.3 is 18.0 Å². The molecule has 0 spiro atoms. The van der Waals surface area contributed by atoms with Crippen molar-refractivity contribution in [2.24, 2.45) is 0 Å². The van der Waals surface area contributed by atoms with Crippen molar-refractivity contribution in [3.05, 3.63) is 46.5 Å². The average molecular weight is 317 g/mol. The molecular weight excluding hydrogens is 302 g/mol. The maximum absolute atomic E-state index is 12.2. The minimum Gasteiger partial charge on any atom is -0.466 e. The molecule has 7 heteroatoms. The second-order valence-electron chi connectivity index (χ2n) is 5.12. The molecule has 1 amide bonds. The molecule has 2 unspecified atom stereocenters. The van der Waals surface area contributed by atoms with Crippen LogP contribution in [0.5, 0.6) is 0 Å². The van der Waals surface area contributed by atoms with Crippen molar-refractivity contribution in [3.63, 3.8) is 0 Å². The molecule has 2 bridgehead atoms. The fraction of sp³-hybridized carbons (Fsp3) is 0.312. The van der Waals surface area contributed by atoms with Gasteiger partial charge in [-0.2, -0.15) is 0 Å². The largest absolute Gasteiger partial charge is 0.466 e. The van der Waals surface area contributed by atoms with Crippen LogP contribution in [0.1, 0.15) is 23.2 Å². The Morgan fingerprint density at radius 1 is 0.826 bits per heavy atom. The van der Waals surface area contributed by atoms with Gasteiger partial charge in [-0.15, -0.1) is 0 Å². The first-order chi connectivity index (χ1) is 11.1. The number of rotatable bonds is 2. The Hall–Kier alpha value is -2.83. The fourth-order valence-electron chi connectivity index (χ4n) is 3.32. The number of amides is 1. The van der Waals surface area contributed by atoms with Gasteiger partial charge in [0, 0.05) is 0 Å². The first-order valence-corrected chi connectivity index (χ1v) is 6.92. The number of methoxy groups -OCH3 is 3. The number of benzene rings is 1. The van der Waals surface area contributed by atoms with Crippen LogP contribution < -0.4 is 0 Å². The summed E-state index contributed by atoms with van der Waals surface area (Å²) >= 11 is 0. The summed E-state index contributed by atoms with van der Waals surface area (Å²) in [6.07, 6.45) is -0.628. The molecule has 0 fully saturated rings. The van der Waals surface area contributed by atoms with Crippen LogP contribution in [-0.4, -0.2) is 44.3 Å². The Balaban J connectivity index is 2.24. The van der Waals surface area contributed by atoms with E-state index in [1.54, 1.807) is 0 Å². The maximum Gasteiger partial charge on any atom is 0.411 e. The zero-order valence-corrected chi connectivity index (χ0v) is 12.9. The van der Waals surface area contributed by atoms with E-state index in [4.69, 9.17) is 14.2 Å². The molecule has 0 saturated carbocycles. The number of nitrogens with zero attached hydrogens (tertiary/aromatic N) is 1. The molecule has 7 nitrogen and oxygen atoms in total. The van der Waals surface area contributed by atoms with E-state index in [0.717, 1.165) is 11.1 Å². The lowest BCUT2D eigenvalue weighted by atomic mass is 9.86. The van der Waals surface area contributed by atoms with Gasteiger partial charge < -0.3 is 14.2 Å². The Morgan fingerprint density at radius 3 is 1.61 bits per heavy atom. The van der Waals surface area contributed by atoms with Crippen molar-refractivity contribution >= 4 is 18.0 Å². The smallest absolute Gasteiger partial charge is 0.411 e. The standard InChI is InChI=1S/C16H15NO6/c1-21-14(18)10-11(15(19)22-2)13-9-7-5-4-6-8(9)12(10)17(13)16(20)23-3/h4-7,12-13H,1-3H3. The van der Waals surface area contributed by atoms with Crippen LogP contribution in [0.2, 0.25) is 0 Å². The number of hydrogen-bond donors (Lipinski definition) is 0. The van der Waals surface area contributed by atoms with Crippen LogP contribution in [0.15, 0.2) is 35.4 Å². The lowest BCUT2D eigenvalue weighted by Gasteiger charge is -2.22. The zero-order chi connectivity index (χ0) is 16.7. The summed E-state index contributed by atoms with van der Waals surface area (Å²) in [7, 11) is 3.70. The quantitative estimate of drug-likeness (QED) is 0.607. The molecule has 0 aliphatic carbocycles. The fourth-order valence-corrected chi connectivity index (χ4v) is 3.32. The molecule has 2 atom stereocenters. The van der Waals surface area contributed by atoms with Gasteiger partial charge in [0.15, 0.2) is 0 Å². The van der Waals surface area contributed by atoms with Crippen LogP contribution in [0.4, 0.5) is 4.79 Å². The van der Waals surface area contributed by atoms with Gasteiger partial charge in [-0.25, -0.2) is 14.4 Å². The summed E-state index contributed by atoms with van der Waals surface area (Å²) < 4.78 is 14.4. The molecule has 120 valence electrons. The first kappa shape index (κ1) is 15.1. The van der Waals surface area contributed by atoms with Crippen LogP contribution >= 0.6 is 0 Å². The molecule has 0 N–H and O–H groups in total. The second-order valence-corrected chi connectivity index (χ2v) is 5.12. The lowest BCUT2D eigenvalue weighted by Crippen LogP contribution is -2.30. The highest BCUT2D eigenvalue weighted by Crippen LogP contribution is 2.56. The highest BCUT2D eigenvalue weighted by Gasteiger charge is 2.56. The van der Waals surface area contributed by atoms with Crippen molar-refractivity contribution in [2.75, 3.05) is 21.3 Å². The van der Waals surface area contributed by atoms with Gasteiger partial charge in [-0.05, 0) is 11.1 Å². The normalized spacial score (nSPS) is 21.1. The summed E-state index contributed by atoms with van der Waals surface area (Å²) in [5.41, 5.74) is 1.79. The molecule has 0 saturated heterocycles.